The van der Waals surface area contributed by atoms with Crippen molar-refractivity contribution in [3.63, 3.8) is 0 Å². The van der Waals surface area contributed by atoms with Crippen LogP contribution in [0.4, 0.5) is 29.5 Å². The molecule has 0 saturated carbocycles. The lowest BCUT2D eigenvalue weighted by Crippen LogP contribution is -2.42. The van der Waals surface area contributed by atoms with Crippen molar-refractivity contribution in [2.75, 3.05) is 31.5 Å². The molecule has 0 bridgehead atoms. The second-order valence-electron chi connectivity index (χ2n) is 10.2. The molecule has 3 aromatic heterocycles. The van der Waals surface area contributed by atoms with Crippen molar-refractivity contribution in [1.29, 1.82) is 5.26 Å². The fraction of sp³-hybridized carbons (Fsp3) is 0.357. The Labute approximate surface area is 249 Å². The van der Waals surface area contributed by atoms with Crippen molar-refractivity contribution >= 4 is 29.1 Å². The summed E-state index contributed by atoms with van der Waals surface area (Å²) in [5.74, 6) is -0.00735. The first-order valence-electron chi connectivity index (χ1n) is 13.9. The summed E-state index contributed by atoms with van der Waals surface area (Å²) < 4.78 is 43.6. The molecule has 4 aromatic rings. The lowest BCUT2D eigenvalue weighted by molar-refractivity contribution is -0.141. The molecule has 0 spiro atoms. The zero-order valence-corrected chi connectivity index (χ0v) is 23.7. The summed E-state index contributed by atoms with van der Waals surface area (Å²) in [6, 6.07) is 6.71. The predicted molar refractivity (Wildman–Crippen MR) is 154 cm³/mol. The molecule has 16 heteroatoms. The molecule has 5 N–H and O–H groups in total. The Morgan fingerprint density at radius 2 is 2.00 bits per heavy atom. The lowest BCUT2D eigenvalue weighted by Gasteiger charge is -2.17. The van der Waals surface area contributed by atoms with Gasteiger partial charge in [0.05, 0.1) is 23.5 Å². The van der Waals surface area contributed by atoms with Gasteiger partial charge in [-0.25, -0.2) is 14.8 Å². The van der Waals surface area contributed by atoms with Crippen LogP contribution in [0, 0.1) is 11.3 Å². The highest BCUT2D eigenvalue weighted by Gasteiger charge is 2.38. The normalized spacial score (nSPS) is 14.9. The predicted octanol–water partition coefficient (Wildman–Crippen LogP) is 2.91. The zero-order chi connectivity index (χ0) is 31.4. The third kappa shape index (κ3) is 6.42. The van der Waals surface area contributed by atoms with E-state index in [-0.39, 0.29) is 60.3 Å². The fourth-order valence-electron chi connectivity index (χ4n) is 5.02. The Morgan fingerprint density at radius 1 is 1.20 bits per heavy atom. The minimum absolute atomic E-state index is 0.00967. The molecule has 0 radical (unpaired) electrons. The Morgan fingerprint density at radius 3 is 2.70 bits per heavy atom. The third-order valence-electron chi connectivity index (χ3n) is 7.16. The van der Waals surface area contributed by atoms with Gasteiger partial charge in [0.15, 0.2) is 17.2 Å². The molecule has 230 valence electrons. The van der Waals surface area contributed by atoms with Crippen LogP contribution in [-0.2, 0) is 19.1 Å². The monoisotopic (exact) mass is 609 g/mol. The second-order valence-corrected chi connectivity index (χ2v) is 10.2. The van der Waals surface area contributed by atoms with Gasteiger partial charge in [0.1, 0.15) is 6.54 Å². The van der Waals surface area contributed by atoms with Gasteiger partial charge >= 0.3 is 12.2 Å². The van der Waals surface area contributed by atoms with E-state index >= 15 is 0 Å². The van der Waals surface area contributed by atoms with E-state index in [9.17, 15) is 22.8 Å². The van der Waals surface area contributed by atoms with E-state index < -0.39 is 11.9 Å². The lowest BCUT2D eigenvalue weighted by atomic mass is 10.0. The van der Waals surface area contributed by atoms with Gasteiger partial charge in [-0.1, -0.05) is 6.92 Å². The summed E-state index contributed by atoms with van der Waals surface area (Å²) in [5, 5.41) is 21.2. The van der Waals surface area contributed by atoms with Crippen LogP contribution in [-0.4, -0.2) is 73.2 Å². The van der Waals surface area contributed by atoms with Crippen molar-refractivity contribution < 1.29 is 22.8 Å². The molecule has 5 rings (SSSR count). The van der Waals surface area contributed by atoms with E-state index in [0.717, 1.165) is 22.9 Å². The van der Waals surface area contributed by atoms with Crippen molar-refractivity contribution in [1.82, 2.24) is 39.7 Å². The average Bonchev–Trinajstić information content (AvgIpc) is 3.73. The summed E-state index contributed by atoms with van der Waals surface area (Å²) in [7, 11) is 0. The van der Waals surface area contributed by atoms with Crippen LogP contribution in [0.25, 0.3) is 16.9 Å². The number of urea groups is 1. The minimum Gasteiger partial charge on any atom is -0.350 e. The van der Waals surface area contributed by atoms with Crippen LogP contribution in [0.3, 0.4) is 0 Å². The number of nitrogens with two attached hydrogens (primary N) is 1. The number of rotatable bonds is 9. The smallest absolute Gasteiger partial charge is 0.350 e. The highest BCUT2D eigenvalue weighted by atomic mass is 19.4. The van der Waals surface area contributed by atoms with E-state index in [1.54, 1.807) is 29.2 Å². The summed E-state index contributed by atoms with van der Waals surface area (Å²) in [5.41, 5.74) is 6.70. The van der Waals surface area contributed by atoms with E-state index in [2.05, 4.69) is 31.0 Å². The van der Waals surface area contributed by atoms with Gasteiger partial charge in [-0.3, -0.25) is 13.9 Å². The van der Waals surface area contributed by atoms with Gasteiger partial charge in [-0.15, -0.1) is 0 Å². The zero-order valence-electron chi connectivity index (χ0n) is 23.7. The van der Waals surface area contributed by atoms with Crippen molar-refractivity contribution in [3.05, 3.63) is 59.8 Å². The molecule has 1 atom stereocenters. The van der Waals surface area contributed by atoms with Crippen LogP contribution < -0.4 is 21.7 Å². The summed E-state index contributed by atoms with van der Waals surface area (Å²) in [6.45, 7) is 3.20. The number of imidazole rings is 1. The van der Waals surface area contributed by atoms with Gasteiger partial charge in [0, 0.05) is 62.1 Å². The number of fused-ring (bicyclic) bond motifs is 1. The van der Waals surface area contributed by atoms with Gasteiger partial charge in [-0.05, 0) is 36.6 Å². The van der Waals surface area contributed by atoms with Crippen molar-refractivity contribution in [3.8, 4) is 17.3 Å². The summed E-state index contributed by atoms with van der Waals surface area (Å²) in [4.78, 5) is 35.4. The van der Waals surface area contributed by atoms with E-state index in [1.165, 1.54) is 23.0 Å². The van der Waals surface area contributed by atoms with E-state index in [1.807, 2.05) is 6.92 Å². The van der Waals surface area contributed by atoms with Crippen LogP contribution in [0.15, 0.2) is 43.0 Å². The van der Waals surface area contributed by atoms with Crippen LogP contribution in [0.2, 0.25) is 0 Å². The largest absolute Gasteiger partial charge is 0.435 e. The number of carbonyl (C=O) groups is 2. The number of hydrogen-bond acceptors (Lipinski definition) is 8. The molecule has 1 aliphatic heterocycles. The number of anilines is 2. The minimum atomic E-state index is -4.74. The first kappa shape index (κ1) is 30.3. The highest BCUT2D eigenvalue weighted by Crippen LogP contribution is 2.37. The quantitative estimate of drug-likeness (QED) is 0.210. The number of alkyl halides is 3. The number of aromatic nitrogens is 5. The van der Waals surface area contributed by atoms with Gasteiger partial charge in [-0.2, -0.15) is 23.5 Å². The van der Waals surface area contributed by atoms with Gasteiger partial charge < -0.3 is 26.6 Å². The molecule has 3 amide bonds. The molecular weight excluding hydrogens is 579 g/mol. The van der Waals surface area contributed by atoms with Gasteiger partial charge in [0.25, 0.3) is 5.91 Å². The molecule has 1 aromatic carbocycles. The molecule has 1 fully saturated rings. The second kappa shape index (κ2) is 12.6. The molecule has 0 unspecified atom stereocenters. The number of halogens is 3. The number of nitrogens with one attached hydrogen (secondary N) is 3. The first-order valence-corrected chi connectivity index (χ1v) is 13.9. The SMILES string of the molecule is CCc1cc(Nc2nccn3c(-c4cn(CC#N)nc4C(F)(F)F)cnc23)ccc1C(=O)NCCNC(=O)N1CC[C@@H](N)C1. The molecule has 1 saturated heterocycles. The van der Waals surface area contributed by atoms with E-state index in [0.29, 0.717) is 30.8 Å². The fourth-order valence-corrected chi connectivity index (χ4v) is 5.02. The third-order valence-corrected chi connectivity index (χ3v) is 7.16. The van der Waals surface area contributed by atoms with E-state index in [4.69, 9.17) is 11.0 Å². The summed E-state index contributed by atoms with van der Waals surface area (Å²) in [6.07, 6.45) is 1.93. The highest BCUT2D eigenvalue weighted by molar-refractivity contribution is 5.96. The maximum atomic E-state index is 13.7. The number of likely N-dealkylation sites (tertiary alicyclic amines) is 1. The number of benzene rings is 1. The number of nitriles is 1. The standard InChI is InChI=1S/C28H30F3N11O2/c1-2-17-13-19(3-4-20(17)26(43)35-7-8-36-27(44)40-10-5-18(33)15-40)38-24-25-37-14-22(42(25)12-9-34-24)21-16-41(11-6-32)39-23(21)28(29,30)31/h3-4,9,12-14,16,18H,2,5,7-8,10-11,15,33H2,1H3,(H,34,38)(H,35,43)(H,36,44)/t18-/m1/s1. The Kier molecular flexibility index (Phi) is 8.67. The molecular formula is C28H30F3N11O2. The topological polar surface area (TPSA) is 171 Å². The van der Waals surface area contributed by atoms with Crippen molar-refractivity contribution in [2.24, 2.45) is 5.73 Å². The Bertz CT molecular complexity index is 1720. The first-order chi connectivity index (χ1) is 21.1. The average molecular weight is 610 g/mol. The maximum absolute atomic E-state index is 13.7. The number of nitrogens with zero attached hydrogens (tertiary/aromatic N) is 7. The molecule has 4 heterocycles. The molecule has 13 nitrogen and oxygen atoms in total. The van der Waals surface area contributed by atoms with Crippen LogP contribution in [0.5, 0.6) is 0 Å². The Balaban J connectivity index is 1.29. The van der Waals surface area contributed by atoms with Gasteiger partial charge in [0.2, 0.25) is 0 Å². The molecule has 1 aliphatic rings. The number of amides is 3. The molecule has 44 heavy (non-hydrogen) atoms. The van der Waals surface area contributed by atoms with Crippen LogP contribution in [0.1, 0.15) is 35.0 Å². The summed E-state index contributed by atoms with van der Waals surface area (Å²) >= 11 is 0. The van der Waals surface area contributed by atoms with Crippen molar-refractivity contribution in [2.45, 2.75) is 38.5 Å². The Hall–Kier alpha value is -5.17. The van der Waals surface area contributed by atoms with Crippen LogP contribution >= 0.6 is 0 Å². The number of carbonyl (C=O) groups excluding carboxylic acids is 2. The number of aryl methyl sites for hydroxylation is 1. The maximum Gasteiger partial charge on any atom is 0.435 e. The number of hydrogen-bond donors (Lipinski definition) is 4. The molecule has 0 aliphatic carbocycles.